The summed E-state index contributed by atoms with van der Waals surface area (Å²) in [6.45, 7) is 13.2. The summed E-state index contributed by atoms with van der Waals surface area (Å²) in [6.07, 6.45) is 2.88. The van der Waals surface area contributed by atoms with E-state index in [1.807, 2.05) is 0 Å². The lowest BCUT2D eigenvalue weighted by atomic mass is 9.91. The molecule has 2 aliphatic heterocycles. The molecule has 0 aliphatic carbocycles. The van der Waals surface area contributed by atoms with Crippen LogP contribution in [0.1, 0.15) is 47.0 Å². The molecule has 0 aromatic heterocycles. The molecule has 0 N–H and O–H groups in total. The third-order valence-electron chi connectivity index (χ3n) is 4.39. The molecule has 2 fully saturated rings. The maximum atomic E-state index is 12.3. The molecule has 0 radical (unpaired) electrons. The highest BCUT2D eigenvalue weighted by atomic mass is 16.5. The Labute approximate surface area is 123 Å². The number of piperidine rings is 1. The Bertz CT molecular complexity index is 330. The lowest BCUT2D eigenvalue weighted by Crippen LogP contribution is -2.53. The fourth-order valence-corrected chi connectivity index (χ4v) is 3.29. The van der Waals surface area contributed by atoms with Gasteiger partial charge >= 0.3 is 0 Å². The summed E-state index contributed by atoms with van der Waals surface area (Å²) in [4.78, 5) is 16.9. The van der Waals surface area contributed by atoms with Crippen molar-refractivity contribution in [3.05, 3.63) is 0 Å². The first-order valence-electron chi connectivity index (χ1n) is 7.98. The zero-order chi connectivity index (χ0) is 14.8. The molecule has 2 rings (SSSR count). The molecule has 2 heterocycles. The van der Waals surface area contributed by atoms with E-state index in [-0.39, 0.29) is 5.41 Å². The van der Waals surface area contributed by atoms with Crippen LogP contribution in [-0.2, 0) is 9.53 Å². The van der Waals surface area contributed by atoms with E-state index in [9.17, 15) is 4.79 Å². The Morgan fingerprint density at radius 3 is 2.40 bits per heavy atom. The van der Waals surface area contributed by atoms with E-state index < -0.39 is 0 Å². The van der Waals surface area contributed by atoms with Gasteiger partial charge < -0.3 is 9.64 Å². The minimum absolute atomic E-state index is 0.0899. The normalized spacial score (nSPS) is 26.8. The van der Waals surface area contributed by atoms with Crippen LogP contribution in [0.2, 0.25) is 0 Å². The molecular formula is C16H30N2O2. The van der Waals surface area contributed by atoms with Crippen molar-refractivity contribution < 1.29 is 9.53 Å². The molecule has 0 unspecified atom stereocenters. The smallest absolute Gasteiger partial charge is 0.223 e. The van der Waals surface area contributed by atoms with Crippen LogP contribution in [0.15, 0.2) is 0 Å². The zero-order valence-corrected chi connectivity index (χ0v) is 13.5. The lowest BCUT2D eigenvalue weighted by molar-refractivity contribution is -0.135. The molecular weight excluding hydrogens is 252 g/mol. The Kier molecular flexibility index (Phi) is 5.08. The molecule has 116 valence electrons. The van der Waals surface area contributed by atoms with Crippen LogP contribution >= 0.6 is 0 Å². The number of likely N-dealkylation sites (tertiary alicyclic amines) is 1. The highest BCUT2D eigenvalue weighted by Crippen LogP contribution is 2.24. The number of morpholine rings is 1. The molecule has 1 amide bonds. The lowest BCUT2D eigenvalue weighted by Gasteiger charge is -2.43. The predicted octanol–water partition coefficient (Wildman–Crippen LogP) is 2.13. The van der Waals surface area contributed by atoms with Crippen LogP contribution in [0.25, 0.3) is 0 Å². The molecule has 0 spiro atoms. The van der Waals surface area contributed by atoms with Gasteiger partial charge in [-0.2, -0.15) is 0 Å². The first-order valence-corrected chi connectivity index (χ1v) is 7.98. The molecule has 4 nitrogen and oxygen atoms in total. The van der Waals surface area contributed by atoms with Crippen molar-refractivity contribution in [2.24, 2.45) is 5.41 Å². The second-order valence-corrected chi connectivity index (χ2v) is 7.51. The van der Waals surface area contributed by atoms with E-state index in [4.69, 9.17) is 4.74 Å². The van der Waals surface area contributed by atoms with Crippen LogP contribution in [0, 0.1) is 5.41 Å². The van der Waals surface area contributed by atoms with E-state index in [2.05, 4.69) is 37.5 Å². The fourth-order valence-electron chi connectivity index (χ4n) is 3.29. The maximum absolute atomic E-state index is 12.3. The quantitative estimate of drug-likeness (QED) is 0.778. The van der Waals surface area contributed by atoms with E-state index in [1.54, 1.807) is 0 Å². The SMILES string of the molecule is C[C@@H]1COCCN1C1CCN(C(=O)CC(C)(C)C)CC1. The summed E-state index contributed by atoms with van der Waals surface area (Å²) in [5.74, 6) is 0.325. The monoisotopic (exact) mass is 282 g/mol. The average molecular weight is 282 g/mol. The van der Waals surface area contributed by atoms with Gasteiger partial charge in [0.1, 0.15) is 0 Å². The number of ether oxygens (including phenoxy) is 1. The van der Waals surface area contributed by atoms with E-state index in [0.29, 0.717) is 24.4 Å². The summed E-state index contributed by atoms with van der Waals surface area (Å²) in [7, 11) is 0. The van der Waals surface area contributed by atoms with Gasteiger partial charge in [0.2, 0.25) is 5.91 Å². The maximum Gasteiger partial charge on any atom is 0.223 e. The van der Waals surface area contributed by atoms with Crippen LogP contribution in [0.5, 0.6) is 0 Å². The summed E-state index contributed by atoms with van der Waals surface area (Å²) >= 11 is 0. The van der Waals surface area contributed by atoms with Gasteiger partial charge in [-0.05, 0) is 25.2 Å². The first-order chi connectivity index (χ1) is 9.37. The second kappa shape index (κ2) is 6.44. The molecule has 20 heavy (non-hydrogen) atoms. The molecule has 4 heteroatoms. The van der Waals surface area contributed by atoms with Gasteiger partial charge in [-0.15, -0.1) is 0 Å². The van der Waals surface area contributed by atoms with Crippen molar-refractivity contribution in [3.63, 3.8) is 0 Å². The number of rotatable bonds is 2. The van der Waals surface area contributed by atoms with Crippen LogP contribution in [0.4, 0.5) is 0 Å². The van der Waals surface area contributed by atoms with Crippen molar-refractivity contribution in [3.8, 4) is 0 Å². The van der Waals surface area contributed by atoms with Gasteiger partial charge in [-0.3, -0.25) is 9.69 Å². The Morgan fingerprint density at radius 1 is 1.20 bits per heavy atom. The van der Waals surface area contributed by atoms with Crippen molar-refractivity contribution in [2.45, 2.75) is 59.0 Å². The topological polar surface area (TPSA) is 32.8 Å². The largest absolute Gasteiger partial charge is 0.379 e. The molecule has 2 saturated heterocycles. The molecule has 1 atom stereocenters. The summed E-state index contributed by atoms with van der Waals surface area (Å²) in [5.41, 5.74) is 0.0899. The Hall–Kier alpha value is -0.610. The molecule has 0 saturated carbocycles. The molecule has 0 aromatic rings. The summed E-state index contributed by atoms with van der Waals surface area (Å²) in [5, 5.41) is 0. The number of carbonyl (C=O) groups excluding carboxylic acids is 1. The van der Waals surface area contributed by atoms with Gasteiger partial charge in [0.25, 0.3) is 0 Å². The van der Waals surface area contributed by atoms with Gasteiger partial charge in [-0.1, -0.05) is 20.8 Å². The molecule has 2 aliphatic rings. The third kappa shape index (κ3) is 4.19. The van der Waals surface area contributed by atoms with Gasteiger partial charge in [0.05, 0.1) is 13.2 Å². The van der Waals surface area contributed by atoms with Gasteiger partial charge in [0.15, 0.2) is 0 Å². The van der Waals surface area contributed by atoms with Crippen molar-refractivity contribution in [1.82, 2.24) is 9.80 Å². The van der Waals surface area contributed by atoms with Gasteiger partial charge in [-0.25, -0.2) is 0 Å². The van der Waals surface area contributed by atoms with Crippen LogP contribution < -0.4 is 0 Å². The van der Waals surface area contributed by atoms with Gasteiger partial charge in [0, 0.05) is 38.1 Å². The molecule has 0 aromatic carbocycles. The van der Waals surface area contributed by atoms with Crippen molar-refractivity contribution in [1.29, 1.82) is 0 Å². The number of carbonyl (C=O) groups is 1. The van der Waals surface area contributed by atoms with Crippen LogP contribution in [-0.4, -0.2) is 60.6 Å². The Morgan fingerprint density at radius 2 is 1.85 bits per heavy atom. The minimum atomic E-state index is 0.0899. The third-order valence-corrected chi connectivity index (χ3v) is 4.39. The number of hydrogen-bond acceptors (Lipinski definition) is 3. The number of hydrogen-bond donors (Lipinski definition) is 0. The van der Waals surface area contributed by atoms with Crippen LogP contribution in [0.3, 0.4) is 0 Å². The minimum Gasteiger partial charge on any atom is -0.379 e. The number of amides is 1. The second-order valence-electron chi connectivity index (χ2n) is 7.51. The van der Waals surface area contributed by atoms with Crippen molar-refractivity contribution >= 4 is 5.91 Å². The average Bonchev–Trinajstić information content (AvgIpc) is 2.37. The standard InChI is InChI=1S/C16H30N2O2/c1-13-12-20-10-9-18(13)14-5-7-17(8-6-14)15(19)11-16(2,3)4/h13-14H,5-12H2,1-4H3/t13-/m1/s1. The van der Waals surface area contributed by atoms with E-state index in [0.717, 1.165) is 45.7 Å². The summed E-state index contributed by atoms with van der Waals surface area (Å²) in [6, 6.07) is 1.15. The van der Waals surface area contributed by atoms with E-state index >= 15 is 0 Å². The zero-order valence-electron chi connectivity index (χ0n) is 13.5. The highest BCUT2D eigenvalue weighted by molar-refractivity contribution is 5.76. The first kappa shape index (κ1) is 15.8. The predicted molar refractivity (Wildman–Crippen MR) is 80.7 cm³/mol. The van der Waals surface area contributed by atoms with Crippen molar-refractivity contribution in [2.75, 3.05) is 32.8 Å². The van der Waals surface area contributed by atoms with E-state index in [1.165, 1.54) is 0 Å². The Balaban J connectivity index is 1.81. The fraction of sp³-hybridized carbons (Fsp3) is 0.938. The number of nitrogens with zero attached hydrogens (tertiary/aromatic N) is 2. The summed E-state index contributed by atoms with van der Waals surface area (Å²) < 4.78 is 5.51. The molecule has 0 bridgehead atoms. The highest BCUT2D eigenvalue weighted by Gasteiger charge is 2.31.